The molecule has 2 nitrogen and oxygen atoms in total. The Morgan fingerprint density at radius 1 is 0.905 bits per heavy atom. The van der Waals surface area contributed by atoms with Crippen molar-refractivity contribution in [1.29, 1.82) is 0 Å². The first-order valence-electron chi connectivity index (χ1n) is 9.01. The summed E-state index contributed by atoms with van der Waals surface area (Å²) in [5, 5.41) is 2.93. The fourth-order valence-electron chi connectivity index (χ4n) is 3.11. The predicted octanol–water partition coefficient (Wildman–Crippen LogP) is 5.53. The Hall–Kier alpha value is 0.00870. The van der Waals surface area contributed by atoms with Crippen LogP contribution in [-0.2, 0) is 4.79 Å². The van der Waals surface area contributed by atoms with Crippen LogP contribution in [0, 0.1) is 0 Å². The van der Waals surface area contributed by atoms with Crippen molar-refractivity contribution >= 4 is 24.3 Å². The van der Waals surface area contributed by atoms with E-state index in [1.54, 1.807) is 0 Å². The number of nitrogens with one attached hydrogen (secondary N) is 1. The van der Waals surface area contributed by atoms with Gasteiger partial charge < -0.3 is 0 Å². The molecule has 0 radical (unpaired) electrons. The second-order valence-corrected chi connectivity index (χ2v) is 20.3. The number of carbonyl (C=O) groups excluding carboxylic acids is 1. The van der Waals surface area contributed by atoms with E-state index in [2.05, 4.69) is 32.7 Å². The molecule has 0 aromatic heterocycles. The van der Waals surface area contributed by atoms with Crippen molar-refractivity contribution < 1.29 is 4.79 Å². The molecule has 1 amide bonds. The third kappa shape index (κ3) is 8.90. The number of hydrogen-bond donors (Lipinski definition) is 1. The van der Waals surface area contributed by atoms with Gasteiger partial charge in [-0.05, 0) is 0 Å². The topological polar surface area (TPSA) is 29.1 Å². The van der Waals surface area contributed by atoms with Crippen molar-refractivity contribution in [2.24, 2.45) is 0 Å². The van der Waals surface area contributed by atoms with E-state index in [1.165, 1.54) is 51.8 Å². The second-order valence-electron chi connectivity index (χ2n) is 6.45. The van der Waals surface area contributed by atoms with Gasteiger partial charge in [0.15, 0.2) is 0 Å². The Balaban J connectivity index is 4.92. The van der Waals surface area contributed by atoms with Crippen molar-refractivity contribution in [3.63, 3.8) is 0 Å². The molecule has 0 aromatic carbocycles. The van der Waals surface area contributed by atoms with E-state index < -0.39 is 18.4 Å². The van der Waals surface area contributed by atoms with Gasteiger partial charge in [0.1, 0.15) is 0 Å². The minimum atomic E-state index is -2.23. The molecule has 0 aliphatic carbocycles. The summed E-state index contributed by atoms with van der Waals surface area (Å²) in [6, 6.07) is 0. The van der Waals surface area contributed by atoms with E-state index in [-0.39, 0.29) is 5.91 Å². The van der Waals surface area contributed by atoms with Crippen LogP contribution in [0.2, 0.25) is 17.7 Å². The van der Waals surface area contributed by atoms with Gasteiger partial charge in [-0.25, -0.2) is 0 Å². The van der Waals surface area contributed by atoms with Crippen LogP contribution < -0.4 is 5.32 Å². The first-order valence-corrected chi connectivity index (χ1v) is 17.1. The molecule has 0 unspecified atom stereocenters. The van der Waals surface area contributed by atoms with E-state index in [0.717, 1.165) is 10.0 Å². The molecule has 3 heteroatoms. The van der Waals surface area contributed by atoms with Crippen molar-refractivity contribution in [3.05, 3.63) is 12.2 Å². The van der Waals surface area contributed by atoms with Gasteiger partial charge in [-0.1, -0.05) is 0 Å². The van der Waals surface area contributed by atoms with Crippen LogP contribution >= 0.6 is 0 Å². The Kier molecular flexibility index (Phi) is 12.5. The van der Waals surface area contributed by atoms with E-state index in [1.807, 2.05) is 6.92 Å². The van der Waals surface area contributed by atoms with Crippen LogP contribution in [0.3, 0.4) is 0 Å². The fourth-order valence-corrected chi connectivity index (χ4v) is 19.3. The molecule has 0 rings (SSSR count). The Labute approximate surface area is 137 Å². The third-order valence-electron chi connectivity index (χ3n) is 4.43. The standard InChI is InChI=1S/C6H10NO.3C4H9.Sn/c1-4-7-6(8)5(2)3;3*1-3-4-2;/h2-4H2,1H3,(H,7,8);3*1,3-4H2,2H3;. The molecule has 0 heterocycles. The molecule has 124 valence electrons. The summed E-state index contributed by atoms with van der Waals surface area (Å²) >= 11 is -2.23. The summed E-state index contributed by atoms with van der Waals surface area (Å²) < 4.78 is 5.43. The SMILES string of the molecule is C=C([CH2][Sn]([CH2]CCC)([CH2]CCC)[CH2]CCC)C(=O)NCC. The van der Waals surface area contributed by atoms with Crippen LogP contribution in [0.4, 0.5) is 0 Å². The van der Waals surface area contributed by atoms with Crippen LogP contribution in [0.5, 0.6) is 0 Å². The normalized spacial score (nSPS) is 11.4. The molecule has 0 spiro atoms. The van der Waals surface area contributed by atoms with Gasteiger partial charge in [0.05, 0.1) is 0 Å². The quantitative estimate of drug-likeness (QED) is 0.319. The first-order chi connectivity index (χ1) is 10.0. The summed E-state index contributed by atoms with van der Waals surface area (Å²) in [5.74, 6) is 0.100. The number of carbonyl (C=O) groups is 1. The van der Waals surface area contributed by atoms with E-state index in [4.69, 9.17) is 0 Å². The van der Waals surface area contributed by atoms with Gasteiger partial charge in [0.2, 0.25) is 0 Å². The van der Waals surface area contributed by atoms with Gasteiger partial charge in [-0.2, -0.15) is 0 Å². The monoisotopic (exact) mass is 403 g/mol. The van der Waals surface area contributed by atoms with Gasteiger partial charge in [0.25, 0.3) is 0 Å². The number of rotatable bonds is 13. The molecule has 0 bridgehead atoms. The molecular formula is C18H37NOSn. The van der Waals surface area contributed by atoms with E-state index >= 15 is 0 Å². The zero-order valence-electron chi connectivity index (χ0n) is 14.9. The van der Waals surface area contributed by atoms with Gasteiger partial charge in [0, 0.05) is 0 Å². The fraction of sp³-hybridized carbons (Fsp3) is 0.833. The predicted molar refractivity (Wildman–Crippen MR) is 97.5 cm³/mol. The van der Waals surface area contributed by atoms with Crippen molar-refractivity contribution in [2.45, 2.75) is 84.0 Å². The number of likely N-dealkylation sites (N-methyl/N-ethyl adjacent to an activating group) is 1. The number of amides is 1. The van der Waals surface area contributed by atoms with Crippen LogP contribution in [0.15, 0.2) is 12.2 Å². The van der Waals surface area contributed by atoms with Gasteiger partial charge >= 0.3 is 137 Å². The molecule has 0 aliphatic heterocycles. The molecular weight excluding hydrogens is 365 g/mol. The van der Waals surface area contributed by atoms with E-state index in [9.17, 15) is 4.79 Å². The van der Waals surface area contributed by atoms with Crippen molar-refractivity contribution in [1.82, 2.24) is 5.32 Å². The average molecular weight is 402 g/mol. The Morgan fingerprint density at radius 2 is 1.33 bits per heavy atom. The zero-order valence-corrected chi connectivity index (χ0v) is 17.7. The molecule has 0 aliphatic rings. The molecule has 0 saturated heterocycles. The van der Waals surface area contributed by atoms with Gasteiger partial charge in [-0.15, -0.1) is 0 Å². The average Bonchev–Trinajstić information content (AvgIpc) is 2.48. The first kappa shape index (κ1) is 21.0. The molecule has 0 saturated carbocycles. The number of unbranched alkanes of at least 4 members (excludes halogenated alkanes) is 3. The van der Waals surface area contributed by atoms with Gasteiger partial charge in [-0.3, -0.25) is 0 Å². The minimum absolute atomic E-state index is 0.100. The summed E-state index contributed by atoms with van der Waals surface area (Å²) in [5.41, 5.74) is 0.871. The van der Waals surface area contributed by atoms with Crippen LogP contribution in [0.25, 0.3) is 0 Å². The molecule has 1 N–H and O–H groups in total. The zero-order chi connectivity index (χ0) is 16.1. The molecule has 0 atom stereocenters. The molecule has 0 fully saturated rings. The maximum atomic E-state index is 12.1. The summed E-state index contributed by atoms with van der Waals surface area (Å²) in [6.07, 6.45) is 7.91. The third-order valence-corrected chi connectivity index (χ3v) is 19.9. The van der Waals surface area contributed by atoms with Crippen molar-refractivity contribution in [2.75, 3.05) is 6.54 Å². The Morgan fingerprint density at radius 3 is 1.67 bits per heavy atom. The van der Waals surface area contributed by atoms with E-state index in [0.29, 0.717) is 6.54 Å². The molecule has 0 aromatic rings. The number of hydrogen-bond acceptors (Lipinski definition) is 1. The maximum absolute atomic E-state index is 12.1. The molecule has 21 heavy (non-hydrogen) atoms. The van der Waals surface area contributed by atoms with Crippen LogP contribution in [0.1, 0.15) is 66.2 Å². The summed E-state index contributed by atoms with van der Waals surface area (Å²) in [4.78, 5) is 12.1. The Bertz CT molecular complexity index is 280. The second kappa shape index (κ2) is 12.5. The van der Waals surface area contributed by atoms with Crippen LogP contribution in [-0.4, -0.2) is 30.8 Å². The summed E-state index contributed by atoms with van der Waals surface area (Å²) in [7, 11) is 0. The van der Waals surface area contributed by atoms with Crippen molar-refractivity contribution in [3.8, 4) is 0 Å². The summed E-state index contributed by atoms with van der Waals surface area (Å²) in [6.45, 7) is 13.7.